The average Bonchev–Trinajstić information content (AvgIpc) is 3.51. The van der Waals surface area contributed by atoms with Gasteiger partial charge in [-0.25, -0.2) is 9.07 Å². The number of rotatable bonds is 6. The molecule has 1 N–H and O–H groups in total. The zero-order chi connectivity index (χ0) is 19.7. The molecule has 0 amide bonds. The molecular formula is C21H19FN4O2. The van der Waals surface area contributed by atoms with Crippen molar-refractivity contribution in [2.75, 3.05) is 5.32 Å². The Hall–Kier alpha value is -3.35. The van der Waals surface area contributed by atoms with Gasteiger partial charge in [0.15, 0.2) is 5.78 Å². The lowest BCUT2D eigenvalue weighted by molar-refractivity contribution is 0.101. The van der Waals surface area contributed by atoms with Gasteiger partial charge in [-0.2, -0.15) is 5.10 Å². The van der Waals surface area contributed by atoms with Crippen LogP contribution >= 0.6 is 0 Å². The van der Waals surface area contributed by atoms with Crippen LogP contribution in [-0.2, 0) is 6.54 Å². The zero-order valence-electron chi connectivity index (χ0n) is 15.4. The molecule has 2 aromatic heterocycles. The van der Waals surface area contributed by atoms with E-state index in [2.05, 4.69) is 15.4 Å². The van der Waals surface area contributed by atoms with Crippen molar-refractivity contribution in [2.24, 2.45) is 5.92 Å². The molecule has 6 nitrogen and oxygen atoms in total. The zero-order valence-corrected chi connectivity index (χ0v) is 15.4. The summed E-state index contributed by atoms with van der Waals surface area (Å²) in [6, 6.07) is 9.55. The Kier molecular flexibility index (Phi) is 4.73. The maximum Gasteiger partial charge on any atom is 0.291 e. The minimum atomic E-state index is -0.509. The number of halogens is 1. The number of anilines is 2. The van der Waals surface area contributed by atoms with Crippen LogP contribution in [0.5, 0.6) is 0 Å². The molecule has 0 aliphatic heterocycles. The number of ketones is 1. The van der Waals surface area contributed by atoms with Gasteiger partial charge in [-0.15, -0.1) is 0 Å². The molecule has 28 heavy (non-hydrogen) atoms. The summed E-state index contributed by atoms with van der Waals surface area (Å²) in [5.74, 6) is -0.442. The Morgan fingerprint density at radius 3 is 2.68 bits per heavy atom. The summed E-state index contributed by atoms with van der Waals surface area (Å²) in [7, 11) is 0. The Balaban J connectivity index is 1.94. The van der Waals surface area contributed by atoms with Crippen LogP contribution in [0, 0.1) is 11.7 Å². The standard InChI is InChI=1S/C21H19FN4O2/c1-13(27)18-19(15-5-4-10-23-11-15)25-26(12-14-8-9-14)21(28)20(18)24-17-7-3-2-6-16(17)22/h2-7,10-11,14,24H,8-9,12H2,1H3. The molecule has 1 fully saturated rings. The molecule has 0 atom stereocenters. The minimum absolute atomic E-state index is 0.0344. The summed E-state index contributed by atoms with van der Waals surface area (Å²) in [6.07, 6.45) is 5.30. The molecule has 1 aliphatic carbocycles. The topological polar surface area (TPSA) is 76.9 Å². The predicted molar refractivity (Wildman–Crippen MR) is 104 cm³/mol. The number of aromatic nitrogens is 3. The molecule has 1 saturated carbocycles. The van der Waals surface area contributed by atoms with Gasteiger partial charge in [-0.05, 0) is 49.9 Å². The highest BCUT2D eigenvalue weighted by Gasteiger charge is 2.27. The molecule has 1 aromatic carbocycles. The van der Waals surface area contributed by atoms with Crippen LogP contribution in [0.25, 0.3) is 11.3 Å². The molecule has 0 spiro atoms. The fraction of sp³-hybridized carbons (Fsp3) is 0.238. The van der Waals surface area contributed by atoms with E-state index >= 15 is 0 Å². The maximum absolute atomic E-state index is 14.2. The van der Waals surface area contributed by atoms with Gasteiger partial charge >= 0.3 is 0 Å². The summed E-state index contributed by atoms with van der Waals surface area (Å²) in [5, 5.41) is 7.32. The molecule has 0 saturated heterocycles. The lowest BCUT2D eigenvalue weighted by Gasteiger charge is -2.16. The molecule has 0 unspecified atom stereocenters. The maximum atomic E-state index is 14.2. The molecule has 1 aliphatic rings. The van der Waals surface area contributed by atoms with Gasteiger partial charge in [0.25, 0.3) is 5.56 Å². The second-order valence-corrected chi connectivity index (χ2v) is 6.93. The third-order valence-corrected chi connectivity index (χ3v) is 4.70. The molecular weight excluding hydrogens is 359 g/mol. The monoisotopic (exact) mass is 378 g/mol. The third-order valence-electron chi connectivity index (χ3n) is 4.70. The van der Waals surface area contributed by atoms with E-state index in [1.807, 2.05) is 0 Å². The number of nitrogens with one attached hydrogen (secondary N) is 1. The molecule has 142 valence electrons. The van der Waals surface area contributed by atoms with Gasteiger partial charge in [-0.3, -0.25) is 14.6 Å². The smallest absolute Gasteiger partial charge is 0.291 e. The summed E-state index contributed by atoms with van der Waals surface area (Å²) in [5.41, 5.74) is 0.838. The molecule has 7 heteroatoms. The first-order chi connectivity index (χ1) is 13.5. The van der Waals surface area contributed by atoms with Crippen molar-refractivity contribution in [3.63, 3.8) is 0 Å². The number of hydrogen-bond acceptors (Lipinski definition) is 5. The first kappa shape index (κ1) is 18.0. The van der Waals surface area contributed by atoms with Gasteiger partial charge in [0.05, 0.1) is 11.3 Å². The predicted octanol–water partition coefficient (Wildman–Crippen LogP) is 3.80. The van der Waals surface area contributed by atoms with Crippen LogP contribution in [0.2, 0.25) is 0 Å². The van der Waals surface area contributed by atoms with E-state index in [9.17, 15) is 14.0 Å². The highest BCUT2D eigenvalue weighted by atomic mass is 19.1. The number of para-hydroxylation sites is 1. The molecule has 0 radical (unpaired) electrons. The van der Waals surface area contributed by atoms with Crippen molar-refractivity contribution in [1.29, 1.82) is 0 Å². The van der Waals surface area contributed by atoms with E-state index in [0.717, 1.165) is 12.8 Å². The number of carbonyl (C=O) groups is 1. The van der Waals surface area contributed by atoms with Crippen molar-refractivity contribution < 1.29 is 9.18 Å². The normalized spacial score (nSPS) is 13.4. The highest BCUT2D eigenvalue weighted by molar-refractivity contribution is 6.05. The van der Waals surface area contributed by atoms with Crippen LogP contribution in [0.1, 0.15) is 30.1 Å². The quantitative estimate of drug-likeness (QED) is 0.660. The van der Waals surface area contributed by atoms with Crippen LogP contribution in [0.3, 0.4) is 0 Å². The summed E-state index contributed by atoms with van der Waals surface area (Å²) in [6.45, 7) is 1.84. The number of benzene rings is 1. The lowest BCUT2D eigenvalue weighted by atomic mass is 10.0. The van der Waals surface area contributed by atoms with Gasteiger partial charge in [0.2, 0.25) is 0 Å². The summed E-state index contributed by atoms with van der Waals surface area (Å²) in [4.78, 5) is 29.7. The number of carbonyl (C=O) groups excluding carboxylic acids is 1. The first-order valence-corrected chi connectivity index (χ1v) is 9.12. The van der Waals surface area contributed by atoms with E-state index in [0.29, 0.717) is 23.7 Å². The minimum Gasteiger partial charge on any atom is -0.348 e. The first-order valence-electron chi connectivity index (χ1n) is 9.12. The van der Waals surface area contributed by atoms with E-state index in [4.69, 9.17) is 0 Å². The van der Waals surface area contributed by atoms with Crippen molar-refractivity contribution in [1.82, 2.24) is 14.8 Å². The highest BCUT2D eigenvalue weighted by Crippen LogP contribution is 2.32. The largest absolute Gasteiger partial charge is 0.348 e. The van der Waals surface area contributed by atoms with Gasteiger partial charge < -0.3 is 5.32 Å². The van der Waals surface area contributed by atoms with Crippen LogP contribution in [0.15, 0.2) is 53.6 Å². The second kappa shape index (κ2) is 7.34. The lowest BCUT2D eigenvalue weighted by Crippen LogP contribution is -2.29. The number of pyridine rings is 1. The Labute approximate surface area is 161 Å². The fourth-order valence-corrected chi connectivity index (χ4v) is 3.10. The molecule has 3 aromatic rings. The molecule has 0 bridgehead atoms. The second-order valence-electron chi connectivity index (χ2n) is 6.93. The fourth-order valence-electron chi connectivity index (χ4n) is 3.10. The SMILES string of the molecule is CC(=O)c1c(-c2cccnc2)nn(CC2CC2)c(=O)c1Nc1ccccc1F. The Morgan fingerprint density at radius 2 is 2.04 bits per heavy atom. The summed E-state index contributed by atoms with van der Waals surface area (Å²) < 4.78 is 15.6. The van der Waals surface area contributed by atoms with Crippen LogP contribution < -0.4 is 10.9 Å². The number of Topliss-reactive ketones (excluding diaryl/α,β-unsaturated/α-hetero) is 1. The average molecular weight is 378 g/mol. The molecule has 4 rings (SSSR count). The van der Waals surface area contributed by atoms with Gasteiger partial charge in [-0.1, -0.05) is 12.1 Å². The van der Waals surface area contributed by atoms with Crippen LogP contribution in [0.4, 0.5) is 15.8 Å². The molecule has 2 heterocycles. The Bertz CT molecular complexity index is 1090. The van der Waals surface area contributed by atoms with E-state index in [1.54, 1.807) is 36.7 Å². The van der Waals surface area contributed by atoms with Crippen molar-refractivity contribution in [2.45, 2.75) is 26.3 Å². The number of nitrogens with zero attached hydrogens (tertiary/aromatic N) is 3. The van der Waals surface area contributed by atoms with Crippen LogP contribution in [-0.4, -0.2) is 20.5 Å². The van der Waals surface area contributed by atoms with Gasteiger partial charge in [0.1, 0.15) is 17.2 Å². The Morgan fingerprint density at radius 1 is 1.25 bits per heavy atom. The van der Waals surface area contributed by atoms with E-state index in [1.165, 1.54) is 23.7 Å². The van der Waals surface area contributed by atoms with Crippen molar-refractivity contribution in [3.05, 3.63) is 70.5 Å². The summed E-state index contributed by atoms with van der Waals surface area (Å²) >= 11 is 0. The van der Waals surface area contributed by atoms with Crippen molar-refractivity contribution in [3.8, 4) is 11.3 Å². The van der Waals surface area contributed by atoms with Gasteiger partial charge in [0, 0.05) is 24.5 Å². The van der Waals surface area contributed by atoms with E-state index < -0.39 is 11.4 Å². The third kappa shape index (κ3) is 3.55. The van der Waals surface area contributed by atoms with Crippen molar-refractivity contribution >= 4 is 17.2 Å². The van der Waals surface area contributed by atoms with E-state index in [-0.39, 0.29) is 22.7 Å². The number of hydrogen-bond donors (Lipinski definition) is 1.